The normalized spacial score (nSPS) is 21.3. The predicted molar refractivity (Wildman–Crippen MR) is 152 cm³/mol. The number of amides is 2. The van der Waals surface area contributed by atoms with Crippen LogP contribution in [0.5, 0.6) is 5.75 Å². The molecule has 39 heavy (non-hydrogen) atoms. The molecule has 1 saturated carbocycles. The van der Waals surface area contributed by atoms with Crippen molar-refractivity contribution in [3.8, 4) is 5.75 Å². The zero-order valence-electron chi connectivity index (χ0n) is 22.4. The highest BCUT2D eigenvalue weighted by Crippen LogP contribution is 2.30. The van der Waals surface area contributed by atoms with Crippen molar-refractivity contribution in [1.82, 2.24) is 4.90 Å². The van der Waals surface area contributed by atoms with Crippen LogP contribution in [-0.2, 0) is 25.5 Å². The quantitative estimate of drug-likeness (QED) is 0.352. The van der Waals surface area contributed by atoms with Gasteiger partial charge in [0.25, 0.3) is 0 Å². The van der Waals surface area contributed by atoms with E-state index in [2.05, 4.69) is 31.5 Å². The monoisotopic (exact) mass is 601 g/mol. The Labute approximate surface area is 237 Å². The molecule has 1 aliphatic carbocycles. The molecule has 2 aromatic rings. The van der Waals surface area contributed by atoms with Gasteiger partial charge in [-0.2, -0.15) is 0 Å². The molecule has 2 amide bonds. The van der Waals surface area contributed by atoms with Crippen LogP contribution in [0, 0.1) is 5.92 Å². The average Bonchev–Trinajstić information content (AvgIpc) is 3.43. The van der Waals surface area contributed by atoms with E-state index in [-0.39, 0.29) is 36.2 Å². The lowest BCUT2D eigenvalue weighted by Gasteiger charge is -2.30. The van der Waals surface area contributed by atoms with Crippen LogP contribution in [-0.4, -0.2) is 62.3 Å². The molecule has 4 rings (SSSR count). The summed E-state index contributed by atoms with van der Waals surface area (Å²) in [7, 11) is 2.97. The Morgan fingerprint density at radius 3 is 2.44 bits per heavy atom. The highest BCUT2D eigenvalue weighted by atomic mass is 79.9. The van der Waals surface area contributed by atoms with E-state index >= 15 is 0 Å². The van der Waals surface area contributed by atoms with Crippen LogP contribution >= 0.6 is 15.9 Å². The zero-order chi connectivity index (χ0) is 27.8. The smallest absolute Gasteiger partial charge is 0.323 e. The van der Waals surface area contributed by atoms with Crippen molar-refractivity contribution in [3.05, 3.63) is 52.5 Å². The predicted octanol–water partition coefficient (Wildman–Crippen LogP) is 5.38. The Balaban J connectivity index is 1.29. The second-order valence-electron chi connectivity index (χ2n) is 10.00. The maximum atomic E-state index is 13.3. The van der Waals surface area contributed by atoms with Crippen molar-refractivity contribution in [2.45, 2.75) is 57.1 Å². The topological polar surface area (TPSA) is 106 Å². The molecule has 1 atom stereocenters. The van der Waals surface area contributed by atoms with Gasteiger partial charge >= 0.3 is 12.0 Å². The van der Waals surface area contributed by atoms with E-state index in [1.165, 1.54) is 14.2 Å². The fourth-order valence-electron chi connectivity index (χ4n) is 5.28. The highest BCUT2D eigenvalue weighted by molar-refractivity contribution is 9.10. The number of ether oxygens (including phenoxy) is 3. The first kappa shape index (κ1) is 29.0. The lowest BCUT2D eigenvalue weighted by atomic mass is 9.87. The van der Waals surface area contributed by atoms with Crippen LogP contribution in [0.15, 0.2) is 46.9 Å². The molecule has 2 N–H and O–H groups in total. The number of rotatable bonds is 10. The highest BCUT2D eigenvalue weighted by Gasteiger charge is 2.32. The summed E-state index contributed by atoms with van der Waals surface area (Å²) in [6.07, 6.45) is 5.34. The molecule has 10 heteroatoms. The molecule has 1 heterocycles. The molecule has 2 aromatic carbocycles. The summed E-state index contributed by atoms with van der Waals surface area (Å²) in [6, 6.07) is 12.1. The largest absolute Gasteiger partial charge is 0.495 e. The summed E-state index contributed by atoms with van der Waals surface area (Å²) >= 11 is 3.42. The first-order valence-electron chi connectivity index (χ1n) is 13.3. The molecule has 9 nitrogen and oxygen atoms in total. The second-order valence-corrected chi connectivity index (χ2v) is 10.9. The Morgan fingerprint density at radius 1 is 0.974 bits per heavy atom. The van der Waals surface area contributed by atoms with Gasteiger partial charge in [-0.1, -0.05) is 18.2 Å². The van der Waals surface area contributed by atoms with Gasteiger partial charge in [-0.15, -0.1) is 0 Å². The van der Waals surface area contributed by atoms with E-state index < -0.39 is 6.03 Å². The van der Waals surface area contributed by atoms with Gasteiger partial charge < -0.3 is 24.8 Å². The van der Waals surface area contributed by atoms with Crippen molar-refractivity contribution in [1.29, 1.82) is 0 Å². The molecule has 210 valence electrons. The second kappa shape index (κ2) is 13.9. The number of likely N-dealkylation sites (tertiary alicyclic amines) is 1. The van der Waals surface area contributed by atoms with Gasteiger partial charge in [-0.05, 0) is 84.3 Å². The van der Waals surface area contributed by atoms with Crippen LogP contribution in [0.2, 0.25) is 0 Å². The van der Waals surface area contributed by atoms with E-state index in [1.54, 1.807) is 18.2 Å². The Morgan fingerprint density at radius 2 is 1.72 bits per heavy atom. The standard InChI is InChI=1S/C29H36BrN3O6/c1-37-27-17-19(9-14-24(27)32-29(36)31-23-7-4-3-6-22(23)30)16-26(34)25-8-5-15-33(25)18-39-21-12-10-20(11-13-21)28(35)38-2/h3-4,6-7,9,14,17,20-21,25H,5,8,10-13,15-16,18H2,1-2H3,(H2,31,32,36)/t20?,21?,25-/m0/s1. The summed E-state index contributed by atoms with van der Waals surface area (Å²) in [6.45, 7) is 1.25. The number of urea groups is 1. The third-order valence-corrected chi connectivity index (χ3v) is 8.13. The number of hydrogen-bond donors (Lipinski definition) is 2. The number of ketones is 1. The maximum Gasteiger partial charge on any atom is 0.323 e. The fraction of sp³-hybridized carbons (Fsp3) is 0.483. The number of carbonyl (C=O) groups is 3. The van der Waals surface area contributed by atoms with E-state index in [4.69, 9.17) is 14.2 Å². The van der Waals surface area contributed by atoms with Gasteiger partial charge in [0.15, 0.2) is 5.78 Å². The van der Waals surface area contributed by atoms with E-state index in [1.807, 2.05) is 24.3 Å². The van der Waals surface area contributed by atoms with Crippen LogP contribution < -0.4 is 15.4 Å². The number of hydrogen-bond acceptors (Lipinski definition) is 7. The molecule has 0 radical (unpaired) electrons. The average molecular weight is 603 g/mol. The number of anilines is 2. The van der Waals surface area contributed by atoms with E-state index in [9.17, 15) is 14.4 Å². The number of esters is 1. The first-order valence-corrected chi connectivity index (χ1v) is 14.1. The SMILES string of the molecule is COC(=O)C1CCC(OCN2CCC[C@H]2C(=O)Cc2ccc(NC(=O)Nc3ccccc3Br)c(OC)c2)CC1. The van der Waals surface area contributed by atoms with Crippen LogP contribution in [0.25, 0.3) is 0 Å². The van der Waals surface area contributed by atoms with Crippen molar-refractivity contribution >= 4 is 45.1 Å². The minimum absolute atomic E-state index is 0.0324. The van der Waals surface area contributed by atoms with Crippen molar-refractivity contribution < 1.29 is 28.6 Å². The molecular weight excluding hydrogens is 566 g/mol. The lowest BCUT2D eigenvalue weighted by molar-refractivity contribution is -0.148. The minimum Gasteiger partial charge on any atom is -0.495 e. The number of methoxy groups -OCH3 is 2. The molecule has 0 spiro atoms. The number of halogens is 1. The van der Waals surface area contributed by atoms with Gasteiger partial charge in [0.1, 0.15) is 5.75 Å². The summed E-state index contributed by atoms with van der Waals surface area (Å²) in [4.78, 5) is 39.6. The zero-order valence-corrected chi connectivity index (χ0v) is 24.0. The molecule has 2 fully saturated rings. The van der Waals surface area contributed by atoms with E-state index in [0.29, 0.717) is 23.9 Å². The van der Waals surface area contributed by atoms with E-state index in [0.717, 1.165) is 55.1 Å². The lowest BCUT2D eigenvalue weighted by Crippen LogP contribution is -2.40. The molecule has 2 aliphatic rings. The van der Waals surface area contributed by atoms with Crippen LogP contribution in [0.4, 0.5) is 16.2 Å². The minimum atomic E-state index is -0.399. The summed E-state index contributed by atoms with van der Waals surface area (Å²) < 4.78 is 17.3. The summed E-state index contributed by atoms with van der Waals surface area (Å²) in [5.41, 5.74) is 1.98. The van der Waals surface area contributed by atoms with Gasteiger partial charge in [0.05, 0.1) is 50.4 Å². The van der Waals surface area contributed by atoms with Crippen LogP contribution in [0.1, 0.15) is 44.1 Å². The van der Waals surface area contributed by atoms with Crippen LogP contribution in [0.3, 0.4) is 0 Å². The van der Waals surface area contributed by atoms with Gasteiger partial charge in [0, 0.05) is 17.4 Å². The maximum absolute atomic E-state index is 13.3. The molecule has 0 bridgehead atoms. The number of benzene rings is 2. The van der Waals surface area contributed by atoms with Crippen molar-refractivity contribution in [2.75, 3.05) is 38.1 Å². The Kier molecular flexibility index (Phi) is 10.4. The fourth-order valence-corrected chi connectivity index (χ4v) is 5.67. The van der Waals surface area contributed by atoms with Gasteiger partial charge in [-0.25, -0.2) is 4.79 Å². The summed E-state index contributed by atoms with van der Waals surface area (Å²) in [5.74, 6) is 0.453. The number of carbonyl (C=O) groups excluding carboxylic acids is 3. The van der Waals surface area contributed by atoms with Gasteiger partial charge in [0.2, 0.25) is 0 Å². The van der Waals surface area contributed by atoms with Crippen molar-refractivity contribution in [3.63, 3.8) is 0 Å². The Bertz CT molecular complexity index is 1170. The Hall–Kier alpha value is -2.95. The van der Waals surface area contributed by atoms with Crippen molar-refractivity contribution in [2.24, 2.45) is 5.92 Å². The molecule has 0 unspecified atom stereocenters. The third kappa shape index (κ3) is 7.80. The third-order valence-electron chi connectivity index (χ3n) is 7.43. The molecule has 1 saturated heterocycles. The number of nitrogens with zero attached hydrogens (tertiary/aromatic N) is 1. The molecule has 0 aromatic heterocycles. The number of para-hydroxylation sites is 1. The number of nitrogens with one attached hydrogen (secondary N) is 2. The summed E-state index contributed by atoms with van der Waals surface area (Å²) in [5, 5.41) is 5.61. The molecule has 1 aliphatic heterocycles. The number of Topliss-reactive ketones (excluding diaryl/α,β-unsaturated/α-hetero) is 1. The molecular formula is C29H36BrN3O6. The van der Waals surface area contributed by atoms with Gasteiger partial charge in [-0.3, -0.25) is 14.5 Å². The first-order chi connectivity index (χ1) is 18.9.